The van der Waals surface area contributed by atoms with Gasteiger partial charge in [0.25, 0.3) is 0 Å². The number of benzene rings is 1. The fourth-order valence-electron chi connectivity index (χ4n) is 3.07. The monoisotopic (exact) mass is 462 g/mol. The van der Waals surface area contributed by atoms with Crippen LogP contribution in [-0.4, -0.2) is 62.3 Å². The number of nitrogens with one attached hydrogen (secondary N) is 1. The van der Waals surface area contributed by atoms with E-state index in [4.69, 9.17) is 0 Å². The fraction of sp³-hybridized carbons (Fsp3) is 0.611. The van der Waals surface area contributed by atoms with Gasteiger partial charge in [-0.2, -0.15) is 0 Å². The molecular formula is C18H31IN4S. The molecule has 1 atom stereocenters. The summed E-state index contributed by atoms with van der Waals surface area (Å²) in [5, 5.41) is 3.54. The van der Waals surface area contributed by atoms with Crippen molar-refractivity contribution in [1.82, 2.24) is 15.1 Å². The van der Waals surface area contributed by atoms with Gasteiger partial charge in [-0.15, -0.1) is 35.7 Å². The molecule has 24 heavy (non-hydrogen) atoms. The lowest BCUT2D eigenvalue weighted by molar-refractivity contribution is 0.340. The van der Waals surface area contributed by atoms with Gasteiger partial charge in [0.1, 0.15) is 0 Å². The molecule has 0 radical (unpaired) electrons. The second kappa shape index (κ2) is 11.2. The lowest BCUT2D eigenvalue weighted by Crippen LogP contribution is -2.41. The van der Waals surface area contributed by atoms with E-state index < -0.39 is 0 Å². The van der Waals surface area contributed by atoms with E-state index in [1.54, 1.807) is 11.8 Å². The highest BCUT2D eigenvalue weighted by molar-refractivity contribution is 14.0. The van der Waals surface area contributed by atoms with Gasteiger partial charge in [0.15, 0.2) is 5.96 Å². The van der Waals surface area contributed by atoms with Gasteiger partial charge in [-0.3, -0.25) is 4.99 Å². The van der Waals surface area contributed by atoms with Gasteiger partial charge in [0, 0.05) is 38.6 Å². The zero-order chi connectivity index (χ0) is 16.7. The molecule has 0 aliphatic carbocycles. The molecular weight excluding hydrogens is 431 g/mol. The molecule has 1 fully saturated rings. The van der Waals surface area contributed by atoms with Crippen LogP contribution in [0.4, 0.5) is 0 Å². The summed E-state index contributed by atoms with van der Waals surface area (Å²) in [6.45, 7) is 7.74. The lowest BCUT2D eigenvalue weighted by atomic mass is 10.1. The Bertz CT molecular complexity index is 506. The molecule has 0 aromatic heterocycles. The Balaban J connectivity index is 0.00000288. The molecule has 1 aromatic carbocycles. The van der Waals surface area contributed by atoms with Crippen molar-refractivity contribution in [3.63, 3.8) is 0 Å². The number of nitrogens with zero attached hydrogens (tertiary/aromatic N) is 3. The average molecular weight is 462 g/mol. The normalized spacial score (nSPS) is 18.3. The minimum absolute atomic E-state index is 0. The average Bonchev–Trinajstić information content (AvgIpc) is 3.04. The Labute approximate surface area is 168 Å². The van der Waals surface area contributed by atoms with Gasteiger partial charge in [0.2, 0.25) is 0 Å². The van der Waals surface area contributed by atoms with Crippen molar-refractivity contribution >= 4 is 41.7 Å². The predicted molar refractivity (Wildman–Crippen MR) is 117 cm³/mol. The highest BCUT2D eigenvalue weighted by Crippen LogP contribution is 2.16. The summed E-state index contributed by atoms with van der Waals surface area (Å²) in [6, 6.07) is 8.77. The van der Waals surface area contributed by atoms with Crippen molar-refractivity contribution < 1.29 is 0 Å². The third-order valence-corrected chi connectivity index (χ3v) is 5.26. The van der Waals surface area contributed by atoms with Crippen molar-refractivity contribution in [3.05, 3.63) is 29.8 Å². The molecule has 0 saturated carbocycles. The van der Waals surface area contributed by atoms with E-state index in [0.29, 0.717) is 0 Å². The third-order valence-electron chi connectivity index (χ3n) is 4.52. The van der Waals surface area contributed by atoms with Crippen molar-refractivity contribution in [1.29, 1.82) is 0 Å². The Morgan fingerprint density at radius 3 is 2.62 bits per heavy atom. The molecule has 2 rings (SSSR count). The van der Waals surface area contributed by atoms with Crippen LogP contribution in [0, 0.1) is 5.92 Å². The largest absolute Gasteiger partial charge is 0.356 e. The molecule has 6 heteroatoms. The van der Waals surface area contributed by atoms with E-state index in [1.165, 1.54) is 30.0 Å². The van der Waals surface area contributed by atoms with Crippen LogP contribution in [0.5, 0.6) is 0 Å². The SMILES string of the molecule is CCN1CCC(CNC(=NC)N(C)Cc2ccc(SC)cc2)C1.I. The Morgan fingerprint density at radius 2 is 2.08 bits per heavy atom. The lowest BCUT2D eigenvalue weighted by Gasteiger charge is -2.23. The zero-order valence-corrected chi connectivity index (χ0v) is 18.4. The summed E-state index contributed by atoms with van der Waals surface area (Å²) in [6.07, 6.45) is 3.40. The van der Waals surface area contributed by atoms with Crippen LogP contribution in [0.2, 0.25) is 0 Å². The molecule has 136 valence electrons. The molecule has 1 unspecified atom stereocenters. The van der Waals surface area contributed by atoms with Crippen LogP contribution in [0.15, 0.2) is 34.2 Å². The van der Waals surface area contributed by atoms with Crippen LogP contribution < -0.4 is 5.32 Å². The second-order valence-electron chi connectivity index (χ2n) is 6.18. The smallest absolute Gasteiger partial charge is 0.193 e. The minimum atomic E-state index is 0. The molecule has 1 aromatic rings. The molecule has 1 aliphatic heterocycles. The molecule has 1 saturated heterocycles. The van der Waals surface area contributed by atoms with Crippen LogP contribution in [0.25, 0.3) is 0 Å². The number of thioether (sulfide) groups is 1. The fourth-order valence-corrected chi connectivity index (χ4v) is 3.47. The van der Waals surface area contributed by atoms with Crippen molar-refractivity contribution in [2.45, 2.75) is 24.8 Å². The third kappa shape index (κ3) is 6.44. The predicted octanol–water partition coefficient (Wildman–Crippen LogP) is 3.38. The number of hydrogen-bond acceptors (Lipinski definition) is 3. The number of aliphatic imine (C=N–C) groups is 1. The minimum Gasteiger partial charge on any atom is -0.356 e. The summed E-state index contributed by atoms with van der Waals surface area (Å²) in [5.41, 5.74) is 1.31. The zero-order valence-electron chi connectivity index (χ0n) is 15.3. The Kier molecular flexibility index (Phi) is 10.1. The maximum absolute atomic E-state index is 4.43. The molecule has 0 amide bonds. The van der Waals surface area contributed by atoms with E-state index >= 15 is 0 Å². The molecule has 4 nitrogen and oxygen atoms in total. The Morgan fingerprint density at radius 1 is 1.38 bits per heavy atom. The summed E-state index contributed by atoms with van der Waals surface area (Å²) >= 11 is 1.78. The molecule has 1 heterocycles. The van der Waals surface area contributed by atoms with Gasteiger partial charge >= 0.3 is 0 Å². The van der Waals surface area contributed by atoms with Crippen LogP contribution in [0.3, 0.4) is 0 Å². The topological polar surface area (TPSA) is 30.9 Å². The number of rotatable bonds is 6. The van der Waals surface area contributed by atoms with Gasteiger partial charge in [-0.05, 0) is 49.4 Å². The maximum Gasteiger partial charge on any atom is 0.193 e. The highest BCUT2D eigenvalue weighted by Gasteiger charge is 2.21. The summed E-state index contributed by atoms with van der Waals surface area (Å²) < 4.78 is 0. The first-order chi connectivity index (χ1) is 11.2. The van der Waals surface area contributed by atoms with Gasteiger partial charge < -0.3 is 15.1 Å². The van der Waals surface area contributed by atoms with E-state index in [1.807, 2.05) is 7.05 Å². The first-order valence-corrected chi connectivity index (χ1v) is 9.65. The number of likely N-dealkylation sites (tertiary alicyclic amines) is 1. The number of hydrogen-bond donors (Lipinski definition) is 1. The van der Waals surface area contributed by atoms with E-state index in [-0.39, 0.29) is 24.0 Å². The van der Waals surface area contributed by atoms with Crippen LogP contribution in [-0.2, 0) is 6.54 Å². The van der Waals surface area contributed by atoms with E-state index in [2.05, 4.69) is 64.6 Å². The summed E-state index contributed by atoms with van der Waals surface area (Å²) in [5.74, 6) is 1.72. The van der Waals surface area contributed by atoms with E-state index in [9.17, 15) is 0 Å². The number of guanidine groups is 1. The van der Waals surface area contributed by atoms with Crippen molar-refractivity contribution in [3.8, 4) is 0 Å². The van der Waals surface area contributed by atoms with Crippen molar-refractivity contribution in [2.24, 2.45) is 10.9 Å². The van der Waals surface area contributed by atoms with Crippen LogP contribution >= 0.6 is 35.7 Å². The second-order valence-corrected chi connectivity index (χ2v) is 7.06. The summed E-state index contributed by atoms with van der Waals surface area (Å²) in [4.78, 5) is 10.5. The number of halogens is 1. The van der Waals surface area contributed by atoms with E-state index in [0.717, 1.165) is 31.5 Å². The summed E-state index contributed by atoms with van der Waals surface area (Å²) in [7, 11) is 3.97. The molecule has 0 bridgehead atoms. The molecule has 1 aliphatic rings. The van der Waals surface area contributed by atoms with Crippen LogP contribution in [0.1, 0.15) is 18.9 Å². The highest BCUT2D eigenvalue weighted by atomic mass is 127. The standard InChI is InChI=1S/C18H30N4S.HI/c1-5-22-11-10-16(14-22)12-20-18(19-2)21(3)13-15-6-8-17(23-4)9-7-15;/h6-9,16H,5,10-14H2,1-4H3,(H,19,20);1H. The first kappa shape index (κ1) is 21.6. The first-order valence-electron chi connectivity index (χ1n) is 8.43. The maximum atomic E-state index is 4.43. The Hall–Kier alpha value is -0.470. The van der Waals surface area contributed by atoms with Gasteiger partial charge in [-0.1, -0.05) is 19.1 Å². The molecule has 0 spiro atoms. The molecule has 1 N–H and O–H groups in total. The quantitative estimate of drug-likeness (QED) is 0.304. The van der Waals surface area contributed by atoms with Gasteiger partial charge in [0.05, 0.1) is 0 Å². The van der Waals surface area contributed by atoms with Crippen molar-refractivity contribution in [2.75, 3.05) is 46.5 Å². The van der Waals surface area contributed by atoms with Gasteiger partial charge in [-0.25, -0.2) is 0 Å².